The number of rotatable bonds is 7. The summed E-state index contributed by atoms with van der Waals surface area (Å²) in [5, 5.41) is 5.07. The van der Waals surface area contributed by atoms with Crippen LogP contribution in [0.15, 0.2) is 0 Å². The Kier molecular flexibility index (Phi) is 13.0. The molecule has 15 heavy (non-hydrogen) atoms. The number of hydrogen-bond acceptors (Lipinski definition) is 3. The molecular weight excluding hydrogens is 235 g/mol. The molecule has 0 bridgehead atoms. The third-order valence-corrected chi connectivity index (χ3v) is 1.57. The van der Waals surface area contributed by atoms with Crippen LogP contribution in [-0.2, 0) is 32.9 Å². The summed E-state index contributed by atoms with van der Waals surface area (Å²) < 4.78 is 4.90. The maximum Gasteiger partial charge on any atom is 0.222 e. The van der Waals surface area contributed by atoms with Crippen molar-refractivity contribution in [3.63, 3.8) is 0 Å². The maximum absolute atomic E-state index is 11.0. The molecule has 0 aliphatic carbocycles. The molecule has 0 rings (SSSR count). The summed E-state index contributed by atoms with van der Waals surface area (Å²) in [6, 6.07) is 0. The molecule has 0 aliphatic rings. The van der Waals surface area contributed by atoms with Crippen molar-refractivity contribution in [2.45, 2.75) is 12.8 Å². The third-order valence-electron chi connectivity index (χ3n) is 1.57. The second kappa shape index (κ2) is 11.6. The van der Waals surface area contributed by atoms with Gasteiger partial charge in [-0.05, 0) is 0 Å². The van der Waals surface area contributed by atoms with Gasteiger partial charge in [0.1, 0.15) is 0 Å². The number of ether oxygens (including phenoxy) is 1. The Hall–Kier alpha value is -0.516. The van der Waals surface area contributed by atoms with Crippen molar-refractivity contribution in [2.24, 2.45) is 0 Å². The number of nitrogens with one attached hydrogen (secondary N) is 2. The summed E-state index contributed by atoms with van der Waals surface area (Å²) in [4.78, 5) is 21.8. The Bertz CT molecular complexity index is 194. The maximum atomic E-state index is 11.0. The molecule has 0 fully saturated rings. The molecule has 1 radical (unpaired) electrons. The van der Waals surface area contributed by atoms with Gasteiger partial charge in [-0.1, -0.05) is 6.61 Å². The number of carbonyl (C=O) groups is 2. The summed E-state index contributed by atoms with van der Waals surface area (Å²) in [6.07, 6.45) is 0.613. The van der Waals surface area contributed by atoms with Crippen LogP contribution in [0.5, 0.6) is 0 Å². The van der Waals surface area contributed by atoms with Crippen molar-refractivity contribution < 1.29 is 34.3 Å². The van der Waals surface area contributed by atoms with Crippen LogP contribution in [0.1, 0.15) is 14.3 Å². The van der Waals surface area contributed by atoms with E-state index in [0.29, 0.717) is 32.6 Å². The summed E-state index contributed by atoms with van der Waals surface area (Å²) in [7, 11) is 1.56. The normalized spacial score (nSPS) is 8.93. The van der Waals surface area contributed by atoms with Crippen LogP contribution in [0.25, 0.3) is 0 Å². The standard InChI is InChI=1S/C9H17N2O3.V.H2/c1-3-14-7-5-9(13)11-6-4-8(12)10-2;;/h1,3-7H2,2H3,(H,10,12)(H,11,13);;1H/q-1;;. The van der Waals surface area contributed by atoms with Gasteiger partial charge in [-0.2, -0.15) is 0 Å². The van der Waals surface area contributed by atoms with Crippen LogP contribution in [0.2, 0.25) is 0 Å². The van der Waals surface area contributed by atoms with E-state index in [-0.39, 0.29) is 31.8 Å². The summed E-state index contributed by atoms with van der Waals surface area (Å²) in [6.45, 7) is 4.57. The van der Waals surface area contributed by atoms with Gasteiger partial charge in [0.05, 0.1) is 6.61 Å². The van der Waals surface area contributed by atoms with Gasteiger partial charge in [-0.3, -0.25) is 9.59 Å². The molecular formula is C9H19N2O3V-. The van der Waals surface area contributed by atoms with E-state index < -0.39 is 0 Å². The molecule has 6 heteroatoms. The summed E-state index contributed by atoms with van der Waals surface area (Å²) in [5.74, 6) is -0.193. The molecule has 5 nitrogen and oxygen atoms in total. The molecule has 0 aromatic rings. The first kappa shape index (κ1) is 16.9. The van der Waals surface area contributed by atoms with Crippen LogP contribution in [0, 0.1) is 6.92 Å². The largest absolute Gasteiger partial charge is 0.413 e. The molecule has 89 valence electrons. The molecule has 2 amide bonds. The van der Waals surface area contributed by atoms with E-state index in [1.54, 1.807) is 7.05 Å². The number of hydrogen-bond donors (Lipinski definition) is 2. The average Bonchev–Trinajstić information content (AvgIpc) is 2.18. The Labute approximate surface area is 104 Å². The predicted octanol–water partition coefficient (Wildman–Crippen LogP) is -0.277. The minimum Gasteiger partial charge on any atom is -0.413 e. The monoisotopic (exact) mass is 254 g/mol. The molecule has 0 spiro atoms. The first-order valence-electron chi connectivity index (χ1n) is 4.55. The fraction of sp³-hybridized carbons (Fsp3) is 0.667. The van der Waals surface area contributed by atoms with Crippen molar-refractivity contribution >= 4 is 11.8 Å². The second-order valence-electron chi connectivity index (χ2n) is 2.64. The van der Waals surface area contributed by atoms with E-state index in [1.165, 1.54) is 0 Å². The molecule has 0 aliphatic heterocycles. The van der Waals surface area contributed by atoms with Crippen molar-refractivity contribution in [3.05, 3.63) is 6.92 Å². The first-order chi connectivity index (χ1) is 6.70. The molecule has 0 saturated heterocycles. The molecule has 0 heterocycles. The van der Waals surface area contributed by atoms with Crippen LogP contribution in [0.3, 0.4) is 0 Å². The Balaban J connectivity index is -0.000000845. The van der Waals surface area contributed by atoms with Gasteiger partial charge in [-0.25, -0.2) is 0 Å². The van der Waals surface area contributed by atoms with Crippen LogP contribution in [0.4, 0.5) is 0 Å². The first-order valence-corrected chi connectivity index (χ1v) is 4.55. The van der Waals surface area contributed by atoms with E-state index >= 15 is 0 Å². The smallest absolute Gasteiger partial charge is 0.222 e. The van der Waals surface area contributed by atoms with E-state index in [4.69, 9.17) is 4.74 Å². The number of amides is 2. The molecule has 0 aromatic carbocycles. The Morgan fingerprint density at radius 1 is 1.33 bits per heavy atom. The Morgan fingerprint density at radius 3 is 2.53 bits per heavy atom. The van der Waals surface area contributed by atoms with Gasteiger partial charge in [0, 0.05) is 46.4 Å². The topological polar surface area (TPSA) is 67.4 Å². The number of carbonyl (C=O) groups excluding carboxylic acids is 2. The van der Waals surface area contributed by atoms with Crippen molar-refractivity contribution in [1.29, 1.82) is 0 Å². The van der Waals surface area contributed by atoms with Crippen LogP contribution in [-0.4, -0.2) is 38.6 Å². The van der Waals surface area contributed by atoms with E-state index in [9.17, 15) is 9.59 Å². The summed E-state index contributed by atoms with van der Waals surface area (Å²) in [5.41, 5.74) is 0. The van der Waals surface area contributed by atoms with Gasteiger partial charge in [0.2, 0.25) is 11.8 Å². The van der Waals surface area contributed by atoms with E-state index in [1.807, 2.05) is 0 Å². The molecule has 0 atom stereocenters. The quantitative estimate of drug-likeness (QED) is 0.485. The van der Waals surface area contributed by atoms with Crippen molar-refractivity contribution in [3.8, 4) is 0 Å². The van der Waals surface area contributed by atoms with Crippen molar-refractivity contribution in [1.82, 2.24) is 10.6 Å². The van der Waals surface area contributed by atoms with Gasteiger partial charge >= 0.3 is 0 Å². The molecule has 2 N–H and O–H groups in total. The van der Waals surface area contributed by atoms with Gasteiger partial charge in [-0.15, -0.1) is 0 Å². The van der Waals surface area contributed by atoms with Gasteiger partial charge in [0.15, 0.2) is 0 Å². The third kappa shape index (κ3) is 11.4. The molecule has 0 saturated carbocycles. The zero-order valence-electron chi connectivity index (χ0n) is 8.91. The van der Waals surface area contributed by atoms with Crippen LogP contribution < -0.4 is 10.6 Å². The average molecular weight is 254 g/mol. The second-order valence-corrected chi connectivity index (χ2v) is 2.64. The van der Waals surface area contributed by atoms with Crippen molar-refractivity contribution in [2.75, 3.05) is 26.8 Å². The minimum atomic E-state index is -0.109. The Morgan fingerprint density at radius 2 is 2.00 bits per heavy atom. The van der Waals surface area contributed by atoms with Gasteiger partial charge in [0.25, 0.3) is 0 Å². The molecule has 0 aromatic heterocycles. The fourth-order valence-electron chi connectivity index (χ4n) is 0.796. The predicted molar refractivity (Wildman–Crippen MR) is 54.6 cm³/mol. The molecule has 0 unspecified atom stereocenters. The minimum absolute atomic E-state index is 0. The van der Waals surface area contributed by atoms with Gasteiger partial charge < -0.3 is 22.3 Å². The SMILES string of the molecule is [CH2-]COCCC(=O)NCCC(=O)NC.[HH].[V]. The zero-order chi connectivity index (χ0) is 10.8. The summed E-state index contributed by atoms with van der Waals surface area (Å²) >= 11 is 0. The van der Waals surface area contributed by atoms with E-state index in [0.717, 1.165) is 0 Å². The van der Waals surface area contributed by atoms with Crippen LogP contribution >= 0.6 is 0 Å². The zero-order valence-corrected chi connectivity index (χ0v) is 10.3. The fourth-order valence-corrected chi connectivity index (χ4v) is 0.796. The van der Waals surface area contributed by atoms with E-state index in [2.05, 4.69) is 17.6 Å².